The molecule has 1 fully saturated rings. The van der Waals surface area contributed by atoms with Crippen LogP contribution in [0.5, 0.6) is 5.75 Å². The molecule has 0 radical (unpaired) electrons. The Morgan fingerprint density at radius 3 is 2.66 bits per heavy atom. The highest BCUT2D eigenvalue weighted by molar-refractivity contribution is 9.10. The second-order valence-corrected chi connectivity index (χ2v) is 9.00. The van der Waals surface area contributed by atoms with Crippen molar-refractivity contribution in [1.29, 1.82) is 0 Å². The third-order valence-corrected chi connectivity index (χ3v) is 6.52. The van der Waals surface area contributed by atoms with E-state index in [4.69, 9.17) is 10.5 Å². The summed E-state index contributed by atoms with van der Waals surface area (Å²) in [5, 5.41) is 1.05. The largest absolute Gasteiger partial charge is 0.495 e. The quantitative estimate of drug-likeness (QED) is 0.449. The third-order valence-electron chi connectivity index (χ3n) is 6.03. The number of nitrogens with two attached hydrogens (primary N) is 1. The third kappa shape index (κ3) is 5.19. The van der Waals surface area contributed by atoms with E-state index in [1.54, 1.807) is 12.0 Å². The number of unbranched alkanes of at least 4 members (excludes halogenated alkanes) is 1. The molecule has 1 saturated heterocycles. The number of carbonyl (C=O) groups is 1. The molecule has 0 spiro atoms. The van der Waals surface area contributed by atoms with Crippen LogP contribution in [0, 0.1) is 0 Å². The Morgan fingerprint density at radius 2 is 1.91 bits per heavy atom. The van der Waals surface area contributed by atoms with E-state index in [9.17, 15) is 4.79 Å². The van der Waals surface area contributed by atoms with E-state index in [-0.39, 0.29) is 0 Å². The highest BCUT2D eigenvalue weighted by Gasteiger charge is 2.20. The van der Waals surface area contributed by atoms with Gasteiger partial charge in [0.25, 0.3) is 0 Å². The fraction of sp³-hybridized carbons (Fsp3) is 0.375. The lowest BCUT2D eigenvalue weighted by molar-refractivity contribution is 0.248. The van der Waals surface area contributed by atoms with Gasteiger partial charge in [-0.15, -0.1) is 0 Å². The second kappa shape index (κ2) is 10.3. The van der Waals surface area contributed by atoms with Crippen molar-refractivity contribution >= 4 is 44.4 Å². The summed E-state index contributed by atoms with van der Waals surface area (Å²) in [4.78, 5) is 21.9. The van der Waals surface area contributed by atoms with Crippen LogP contribution in [0.2, 0.25) is 0 Å². The summed E-state index contributed by atoms with van der Waals surface area (Å²) in [5.74, 6) is 1.67. The Balaban J connectivity index is 1.25. The lowest BCUT2D eigenvalue weighted by Crippen LogP contribution is -2.46. The molecule has 170 valence electrons. The first-order valence-electron chi connectivity index (χ1n) is 11.0. The summed E-state index contributed by atoms with van der Waals surface area (Å²) >= 11 is 3.49. The molecule has 32 heavy (non-hydrogen) atoms. The van der Waals surface area contributed by atoms with Crippen molar-refractivity contribution < 1.29 is 9.53 Å². The number of amides is 2. The minimum atomic E-state index is -0.430. The van der Waals surface area contributed by atoms with Gasteiger partial charge >= 0.3 is 6.03 Å². The molecule has 0 aliphatic carbocycles. The maximum Gasteiger partial charge on any atom is 0.320 e. The monoisotopic (exact) mass is 499 g/mol. The number of aromatic amines is 1. The lowest BCUT2D eigenvalue weighted by Gasteiger charge is -2.36. The number of hydrogen-bond acceptors (Lipinski definition) is 4. The number of nitrogens with zero attached hydrogens (tertiary/aromatic N) is 3. The number of ether oxygens (including phenoxy) is 1. The summed E-state index contributed by atoms with van der Waals surface area (Å²) in [7, 11) is 1.72. The van der Waals surface area contributed by atoms with Crippen molar-refractivity contribution in [2.45, 2.75) is 12.8 Å². The number of methoxy groups -OCH3 is 1. The Labute approximate surface area is 197 Å². The van der Waals surface area contributed by atoms with Crippen molar-refractivity contribution in [3.63, 3.8) is 0 Å². The zero-order valence-electron chi connectivity index (χ0n) is 18.4. The van der Waals surface area contributed by atoms with E-state index in [0.29, 0.717) is 6.54 Å². The van der Waals surface area contributed by atoms with Crippen molar-refractivity contribution in [2.75, 3.05) is 56.2 Å². The number of halogens is 1. The topological polar surface area (TPSA) is 77.8 Å². The molecule has 1 aliphatic rings. The summed E-state index contributed by atoms with van der Waals surface area (Å²) in [6, 6.07) is 15.7. The van der Waals surface area contributed by atoms with Crippen LogP contribution in [0.3, 0.4) is 0 Å². The molecule has 0 bridgehead atoms. The van der Waals surface area contributed by atoms with E-state index in [2.05, 4.69) is 42.8 Å². The first-order valence-corrected chi connectivity index (χ1v) is 11.8. The fourth-order valence-corrected chi connectivity index (χ4v) is 4.67. The molecule has 4 rings (SSSR count). The molecule has 0 saturated carbocycles. The van der Waals surface area contributed by atoms with Crippen molar-refractivity contribution in [3.05, 3.63) is 53.0 Å². The van der Waals surface area contributed by atoms with Gasteiger partial charge in [-0.3, -0.25) is 9.80 Å². The number of anilines is 2. The maximum absolute atomic E-state index is 12.1. The molecule has 1 aliphatic heterocycles. The number of para-hydroxylation sites is 2. The molecule has 1 aromatic heterocycles. The number of nitrogens with one attached hydrogen (secondary N) is 1. The number of rotatable bonds is 8. The SMILES string of the molecule is COc1ccccc1N1CCN(CCCCN(C(N)=O)c2cc3cc(Br)ccc3[nH]2)CC1. The van der Waals surface area contributed by atoms with Gasteiger partial charge < -0.3 is 20.4 Å². The van der Waals surface area contributed by atoms with Gasteiger partial charge in [0.2, 0.25) is 0 Å². The molecule has 3 aromatic rings. The number of primary amides is 1. The number of piperazine rings is 1. The lowest BCUT2D eigenvalue weighted by atomic mass is 10.2. The van der Waals surface area contributed by atoms with Gasteiger partial charge in [0.05, 0.1) is 12.8 Å². The van der Waals surface area contributed by atoms with Crippen LogP contribution in [-0.2, 0) is 0 Å². The maximum atomic E-state index is 12.1. The van der Waals surface area contributed by atoms with Crippen LogP contribution >= 0.6 is 15.9 Å². The molecule has 0 atom stereocenters. The molecule has 0 unspecified atom stereocenters. The Bertz CT molecular complexity index is 1060. The highest BCUT2D eigenvalue weighted by Crippen LogP contribution is 2.28. The second-order valence-electron chi connectivity index (χ2n) is 8.08. The Hall–Kier alpha value is -2.71. The first kappa shape index (κ1) is 22.5. The van der Waals surface area contributed by atoms with Crippen LogP contribution in [0.1, 0.15) is 12.8 Å². The Morgan fingerprint density at radius 1 is 1.12 bits per heavy atom. The van der Waals surface area contributed by atoms with Gasteiger partial charge in [-0.05, 0) is 55.8 Å². The number of H-pyrrole nitrogens is 1. The van der Waals surface area contributed by atoms with Gasteiger partial charge in [0.1, 0.15) is 11.6 Å². The van der Waals surface area contributed by atoms with Crippen molar-refractivity contribution in [2.24, 2.45) is 5.73 Å². The fourth-order valence-electron chi connectivity index (χ4n) is 4.29. The molecule has 8 heteroatoms. The number of fused-ring (bicyclic) bond motifs is 1. The average Bonchev–Trinajstić information content (AvgIpc) is 3.21. The summed E-state index contributed by atoms with van der Waals surface area (Å²) in [6.07, 6.45) is 1.92. The van der Waals surface area contributed by atoms with Gasteiger partial charge in [-0.2, -0.15) is 0 Å². The van der Waals surface area contributed by atoms with Crippen LogP contribution in [-0.4, -0.2) is 62.3 Å². The molecule has 2 amide bonds. The van der Waals surface area contributed by atoms with E-state index in [1.165, 1.54) is 0 Å². The summed E-state index contributed by atoms with van der Waals surface area (Å²) < 4.78 is 6.51. The number of aromatic nitrogens is 1. The standard InChI is InChI=1S/C24H30BrN5O2/c1-32-22-7-3-2-6-21(22)29-14-12-28(13-15-29)10-4-5-11-30(24(26)31)23-17-18-16-19(25)8-9-20(18)27-23/h2-3,6-9,16-17,27H,4-5,10-15H2,1H3,(H2,26,31). The van der Waals surface area contributed by atoms with Gasteiger partial charge in [0.15, 0.2) is 0 Å². The molecule has 3 N–H and O–H groups in total. The van der Waals surface area contributed by atoms with Gasteiger partial charge in [0, 0.05) is 48.1 Å². The van der Waals surface area contributed by atoms with Crippen LogP contribution in [0.4, 0.5) is 16.3 Å². The molecule has 7 nitrogen and oxygen atoms in total. The number of hydrogen-bond donors (Lipinski definition) is 2. The predicted molar refractivity (Wildman–Crippen MR) is 134 cm³/mol. The van der Waals surface area contributed by atoms with Crippen molar-refractivity contribution in [1.82, 2.24) is 9.88 Å². The number of carbonyl (C=O) groups excluding carboxylic acids is 1. The zero-order chi connectivity index (χ0) is 22.5. The zero-order valence-corrected chi connectivity index (χ0v) is 20.0. The number of urea groups is 1. The highest BCUT2D eigenvalue weighted by atomic mass is 79.9. The van der Waals surface area contributed by atoms with Crippen LogP contribution in [0.25, 0.3) is 10.9 Å². The molecule has 2 aromatic carbocycles. The van der Waals surface area contributed by atoms with E-state index in [0.717, 1.165) is 78.2 Å². The van der Waals surface area contributed by atoms with Gasteiger partial charge in [-0.25, -0.2) is 4.79 Å². The minimum Gasteiger partial charge on any atom is -0.495 e. The average molecular weight is 500 g/mol. The molecular weight excluding hydrogens is 470 g/mol. The van der Waals surface area contributed by atoms with Crippen LogP contribution < -0.4 is 20.3 Å². The Kier molecular flexibility index (Phi) is 7.22. The van der Waals surface area contributed by atoms with Gasteiger partial charge in [-0.1, -0.05) is 28.1 Å². The van der Waals surface area contributed by atoms with E-state index >= 15 is 0 Å². The smallest absolute Gasteiger partial charge is 0.320 e. The van der Waals surface area contributed by atoms with Crippen LogP contribution in [0.15, 0.2) is 53.0 Å². The molecular formula is C24H30BrN5O2. The first-order chi connectivity index (χ1) is 15.5. The summed E-state index contributed by atoms with van der Waals surface area (Å²) in [6.45, 7) is 5.64. The predicted octanol–water partition coefficient (Wildman–Crippen LogP) is 4.43. The molecule has 2 heterocycles. The normalized spacial score (nSPS) is 14.6. The summed E-state index contributed by atoms with van der Waals surface area (Å²) in [5.41, 5.74) is 7.82. The van der Waals surface area contributed by atoms with E-state index in [1.807, 2.05) is 36.4 Å². The number of benzene rings is 2. The minimum absolute atomic E-state index is 0.430. The van der Waals surface area contributed by atoms with E-state index < -0.39 is 6.03 Å². The van der Waals surface area contributed by atoms with Crippen molar-refractivity contribution in [3.8, 4) is 5.75 Å².